The summed E-state index contributed by atoms with van der Waals surface area (Å²) in [6, 6.07) is 19.2. The first kappa shape index (κ1) is 18.5. The van der Waals surface area contributed by atoms with Crippen LogP contribution in [0.5, 0.6) is 11.5 Å². The van der Waals surface area contributed by atoms with Gasteiger partial charge in [-0.15, -0.1) is 0 Å². The fraction of sp³-hybridized carbons (Fsp3) is 0.0833. The summed E-state index contributed by atoms with van der Waals surface area (Å²) in [5.74, 6) is -0.444. The average molecular weight is 385 g/mol. The van der Waals surface area contributed by atoms with E-state index < -0.39 is 5.91 Å². The zero-order chi connectivity index (χ0) is 20.5. The number of ether oxygens (including phenoxy) is 1. The molecule has 1 heterocycles. The van der Waals surface area contributed by atoms with Crippen molar-refractivity contribution in [2.75, 3.05) is 12.0 Å². The molecular formula is C24H19NO4. The van der Waals surface area contributed by atoms with Gasteiger partial charge < -0.3 is 9.84 Å². The summed E-state index contributed by atoms with van der Waals surface area (Å²) in [4.78, 5) is 27.6. The number of phenolic OH excluding ortho intramolecular Hbond substituents is 1. The highest BCUT2D eigenvalue weighted by atomic mass is 16.5. The number of aryl methyl sites for hydroxylation is 1. The van der Waals surface area contributed by atoms with Gasteiger partial charge in [0.15, 0.2) is 11.5 Å². The maximum atomic E-state index is 13.3. The molecule has 0 unspecified atom stereocenters. The molecule has 144 valence electrons. The lowest BCUT2D eigenvalue weighted by molar-refractivity contribution is -0.112. The number of hydrogen-bond acceptors (Lipinski definition) is 4. The second-order valence-electron chi connectivity index (χ2n) is 6.82. The van der Waals surface area contributed by atoms with E-state index in [9.17, 15) is 14.7 Å². The second-order valence-corrected chi connectivity index (χ2v) is 6.82. The smallest absolute Gasteiger partial charge is 0.265 e. The summed E-state index contributed by atoms with van der Waals surface area (Å²) in [6.07, 6.45) is 1.67. The number of benzene rings is 3. The Bertz CT molecular complexity index is 1150. The van der Waals surface area contributed by atoms with Crippen LogP contribution in [0.4, 0.5) is 5.69 Å². The van der Waals surface area contributed by atoms with E-state index in [1.165, 1.54) is 18.1 Å². The molecule has 3 aromatic carbocycles. The van der Waals surface area contributed by atoms with Gasteiger partial charge in [-0.1, -0.05) is 42.0 Å². The van der Waals surface area contributed by atoms with Crippen LogP contribution >= 0.6 is 0 Å². The summed E-state index contributed by atoms with van der Waals surface area (Å²) in [6.45, 7) is 1.94. The summed E-state index contributed by atoms with van der Waals surface area (Å²) in [5, 5.41) is 10.1. The molecule has 0 spiro atoms. The van der Waals surface area contributed by atoms with E-state index >= 15 is 0 Å². The number of methoxy groups -OCH3 is 1. The number of carbonyl (C=O) groups excluding carboxylic acids is 2. The van der Waals surface area contributed by atoms with Crippen molar-refractivity contribution >= 4 is 29.2 Å². The van der Waals surface area contributed by atoms with Crippen LogP contribution in [-0.2, 0) is 4.79 Å². The summed E-state index contributed by atoms with van der Waals surface area (Å²) in [5.41, 5.74) is 3.59. The molecule has 0 atom stereocenters. The Hall–Kier alpha value is -3.86. The minimum absolute atomic E-state index is 0.0233. The second kappa shape index (κ2) is 7.28. The summed E-state index contributed by atoms with van der Waals surface area (Å²) in [7, 11) is 1.47. The predicted octanol–water partition coefficient (Wildman–Crippen LogP) is 4.44. The van der Waals surface area contributed by atoms with Gasteiger partial charge in [-0.2, -0.15) is 0 Å². The van der Waals surface area contributed by atoms with E-state index in [0.29, 0.717) is 33.7 Å². The number of imide groups is 1. The number of aromatic hydroxyl groups is 1. The molecule has 0 radical (unpaired) electrons. The fourth-order valence-electron chi connectivity index (χ4n) is 3.38. The van der Waals surface area contributed by atoms with Crippen LogP contribution in [0.1, 0.15) is 27.0 Å². The largest absolute Gasteiger partial charge is 0.504 e. The molecule has 0 aliphatic carbocycles. The molecule has 0 aromatic heterocycles. The number of carbonyl (C=O) groups is 2. The SMILES string of the molecule is COc1ccc(C=C2C(=O)N(c3ccc(C)cc3)C(=O)c3ccccc32)cc1O. The van der Waals surface area contributed by atoms with E-state index in [2.05, 4.69) is 0 Å². The van der Waals surface area contributed by atoms with Crippen molar-refractivity contribution < 1.29 is 19.4 Å². The number of nitrogens with zero attached hydrogens (tertiary/aromatic N) is 1. The molecule has 0 fully saturated rings. The number of phenols is 1. The van der Waals surface area contributed by atoms with Crippen molar-refractivity contribution in [3.05, 3.63) is 89.0 Å². The van der Waals surface area contributed by atoms with Crippen molar-refractivity contribution in [3.63, 3.8) is 0 Å². The maximum absolute atomic E-state index is 13.3. The number of fused-ring (bicyclic) bond motifs is 1. The highest BCUT2D eigenvalue weighted by Gasteiger charge is 2.35. The zero-order valence-electron chi connectivity index (χ0n) is 16.0. The molecule has 1 aliphatic heterocycles. The highest BCUT2D eigenvalue weighted by molar-refractivity contribution is 6.43. The van der Waals surface area contributed by atoms with Gasteiger partial charge in [0.1, 0.15) is 0 Å². The van der Waals surface area contributed by atoms with Crippen LogP contribution in [-0.4, -0.2) is 24.0 Å². The van der Waals surface area contributed by atoms with Crippen LogP contribution < -0.4 is 9.64 Å². The van der Waals surface area contributed by atoms with Crippen molar-refractivity contribution in [1.82, 2.24) is 0 Å². The van der Waals surface area contributed by atoms with Crippen LogP contribution in [0.15, 0.2) is 66.7 Å². The monoisotopic (exact) mass is 385 g/mol. The molecule has 0 saturated carbocycles. The topological polar surface area (TPSA) is 66.8 Å². The highest BCUT2D eigenvalue weighted by Crippen LogP contribution is 2.34. The number of rotatable bonds is 3. The lowest BCUT2D eigenvalue weighted by Crippen LogP contribution is -2.41. The fourth-order valence-corrected chi connectivity index (χ4v) is 3.38. The number of amides is 2. The zero-order valence-corrected chi connectivity index (χ0v) is 16.0. The molecular weight excluding hydrogens is 366 g/mol. The third-order valence-corrected chi connectivity index (χ3v) is 4.89. The quantitative estimate of drug-likeness (QED) is 0.535. The van der Waals surface area contributed by atoms with Gasteiger partial charge in [-0.25, -0.2) is 4.90 Å². The molecule has 29 heavy (non-hydrogen) atoms. The molecule has 1 N–H and O–H groups in total. The first-order chi connectivity index (χ1) is 14.0. The van der Waals surface area contributed by atoms with Gasteiger partial charge in [0.05, 0.1) is 12.8 Å². The van der Waals surface area contributed by atoms with E-state index in [1.54, 1.807) is 54.6 Å². The van der Waals surface area contributed by atoms with Gasteiger partial charge in [0.25, 0.3) is 11.8 Å². The van der Waals surface area contributed by atoms with Gasteiger partial charge >= 0.3 is 0 Å². The molecule has 2 amide bonds. The molecule has 3 aromatic rings. The maximum Gasteiger partial charge on any atom is 0.265 e. The summed E-state index contributed by atoms with van der Waals surface area (Å²) >= 11 is 0. The van der Waals surface area contributed by atoms with Gasteiger partial charge in [-0.3, -0.25) is 9.59 Å². The van der Waals surface area contributed by atoms with Gasteiger partial charge in [-0.05, 0) is 54.5 Å². The van der Waals surface area contributed by atoms with Crippen molar-refractivity contribution in [3.8, 4) is 11.5 Å². The van der Waals surface area contributed by atoms with Crippen LogP contribution in [0.2, 0.25) is 0 Å². The Morgan fingerprint density at radius 3 is 2.24 bits per heavy atom. The van der Waals surface area contributed by atoms with Crippen LogP contribution in [0.25, 0.3) is 11.6 Å². The molecule has 1 aliphatic rings. The van der Waals surface area contributed by atoms with Crippen molar-refractivity contribution in [2.45, 2.75) is 6.92 Å². The third-order valence-electron chi connectivity index (χ3n) is 4.89. The standard InChI is InChI=1S/C24H19NO4/c1-15-7-10-17(11-8-15)25-23(27)19-6-4-3-5-18(19)20(24(25)28)13-16-9-12-22(29-2)21(26)14-16/h3-14,26H,1-2H3. The van der Waals surface area contributed by atoms with Gasteiger partial charge in [0.2, 0.25) is 0 Å². The first-order valence-electron chi connectivity index (χ1n) is 9.13. The average Bonchev–Trinajstić information content (AvgIpc) is 2.73. The van der Waals surface area contributed by atoms with Crippen molar-refractivity contribution in [1.29, 1.82) is 0 Å². The summed E-state index contributed by atoms with van der Waals surface area (Å²) < 4.78 is 5.08. The number of anilines is 1. The minimum Gasteiger partial charge on any atom is -0.504 e. The van der Waals surface area contributed by atoms with E-state index in [4.69, 9.17) is 4.74 Å². The molecule has 5 heteroatoms. The Morgan fingerprint density at radius 2 is 1.59 bits per heavy atom. The third kappa shape index (κ3) is 3.27. The van der Waals surface area contributed by atoms with Crippen LogP contribution in [0.3, 0.4) is 0 Å². The lowest BCUT2D eigenvalue weighted by atomic mass is 9.91. The van der Waals surface area contributed by atoms with Crippen molar-refractivity contribution in [2.24, 2.45) is 0 Å². The molecule has 5 nitrogen and oxygen atoms in total. The van der Waals surface area contributed by atoms with E-state index in [0.717, 1.165) is 5.56 Å². The predicted molar refractivity (Wildman–Crippen MR) is 112 cm³/mol. The number of hydrogen-bond donors (Lipinski definition) is 1. The first-order valence-corrected chi connectivity index (χ1v) is 9.13. The van der Waals surface area contributed by atoms with Gasteiger partial charge in [0, 0.05) is 11.1 Å². The van der Waals surface area contributed by atoms with Crippen LogP contribution in [0, 0.1) is 6.92 Å². The molecule has 4 rings (SSSR count). The molecule has 0 bridgehead atoms. The Labute approximate surface area is 168 Å². The normalized spacial score (nSPS) is 14.8. The Balaban J connectivity index is 1.87. The molecule has 0 saturated heterocycles. The Morgan fingerprint density at radius 1 is 0.897 bits per heavy atom. The Kier molecular flexibility index (Phi) is 4.64. The lowest BCUT2D eigenvalue weighted by Gasteiger charge is -2.28. The minimum atomic E-state index is -0.409. The van der Waals surface area contributed by atoms with E-state index in [-0.39, 0.29) is 11.7 Å². The van der Waals surface area contributed by atoms with E-state index in [1.807, 2.05) is 19.1 Å².